The van der Waals surface area contributed by atoms with Gasteiger partial charge in [0.15, 0.2) is 0 Å². The molecule has 1 saturated carbocycles. The van der Waals surface area contributed by atoms with Gasteiger partial charge in [-0.05, 0) is 25.0 Å². The van der Waals surface area contributed by atoms with Crippen molar-refractivity contribution in [1.82, 2.24) is 19.9 Å². The number of esters is 1. The molecule has 0 atom stereocenters. The van der Waals surface area contributed by atoms with Crippen LogP contribution in [0.3, 0.4) is 0 Å². The number of hydrogen-bond donors (Lipinski definition) is 1. The van der Waals surface area contributed by atoms with Crippen LogP contribution >= 0.6 is 11.3 Å². The monoisotopic (exact) mass is 426 g/mol. The molecule has 2 aromatic heterocycles. The average Bonchev–Trinajstić information content (AvgIpc) is 3.22. The van der Waals surface area contributed by atoms with Crippen LogP contribution in [0.1, 0.15) is 59.1 Å². The van der Waals surface area contributed by atoms with Gasteiger partial charge in [0.1, 0.15) is 18.2 Å². The maximum absolute atomic E-state index is 12.4. The Morgan fingerprint density at radius 2 is 1.93 bits per heavy atom. The maximum Gasteiger partial charge on any atom is 0.325 e. The molecule has 1 fully saturated rings. The van der Waals surface area contributed by atoms with Gasteiger partial charge in [0.2, 0.25) is 4.96 Å². The molecule has 1 aliphatic rings. The van der Waals surface area contributed by atoms with Crippen LogP contribution in [0.5, 0.6) is 0 Å². The van der Waals surface area contributed by atoms with Gasteiger partial charge in [-0.1, -0.05) is 48.8 Å². The molecule has 0 bridgehead atoms. The summed E-state index contributed by atoms with van der Waals surface area (Å²) in [4.78, 5) is 41.2. The van der Waals surface area contributed by atoms with Crippen molar-refractivity contribution in [2.75, 3.05) is 6.54 Å². The second kappa shape index (κ2) is 9.17. The van der Waals surface area contributed by atoms with Crippen molar-refractivity contribution >= 4 is 28.2 Å². The highest BCUT2D eigenvalue weighted by Crippen LogP contribution is 2.34. The molecule has 4 rings (SSSR count). The van der Waals surface area contributed by atoms with E-state index in [4.69, 9.17) is 4.74 Å². The van der Waals surface area contributed by atoms with Crippen molar-refractivity contribution in [3.8, 4) is 0 Å². The number of amides is 1. The minimum absolute atomic E-state index is 0.136. The zero-order chi connectivity index (χ0) is 20.9. The molecule has 1 aliphatic carbocycles. The van der Waals surface area contributed by atoms with Crippen molar-refractivity contribution < 1.29 is 14.3 Å². The first-order chi connectivity index (χ1) is 14.6. The van der Waals surface area contributed by atoms with Crippen LogP contribution in [0.2, 0.25) is 0 Å². The van der Waals surface area contributed by atoms with E-state index in [1.54, 1.807) is 30.3 Å². The highest BCUT2D eigenvalue weighted by atomic mass is 32.1. The molecular weight excluding hydrogens is 404 g/mol. The molecule has 8 nitrogen and oxygen atoms in total. The molecule has 2 heterocycles. The molecule has 1 amide bonds. The van der Waals surface area contributed by atoms with E-state index in [-0.39, 0.29) is 24.6 Å². The molecule has 0 aliphatic heterocycles. The van der Waals surface area contributed by atoms with Crippen molar-refractivity contribution in [2.24, 2.45) is 0 Å². The van der Waals surface area contributed by atoms with Crippen LogP contribution in [0, 0.1) is 0 Å². The van der Waals surface area contributed by atoms with E-state index in [2.05, 4.69) is 15.4 Å². The van der Waals surface area contributed by atoms with E-state index in [9.17, 15) is 14.4 Å². The average molecular weight is 426 g/mol. The Bertz CT molecular complexity index is 1100. The Balaban J connectivity index is 1.36. The molecule has 0 spiro atoms. The lowest BCUT2D eigenvalue weighted by Crippen LogP contribution is -2.30. The summed E-state index contributed by atoms with van der Waals surface area (Å²) in [6.07, 6.45) is 5.80. The first-order valence-electron chi connectivity index (χ1n) is 9.99. The normalized spacial score (nSPS) is 14.5. The van der Waals surface area contributed by atoms with Crippen molar-refractivity contribution in [2.45, 2.75) is 44.6 Å². The van der Waals surface area contributed by atoms with Gasteiger partial charge in [-0.2, -0.15) is 9.61 Å². The molecule has 1 aromatic carbocycles. The fraction of sp³-hybridized carbons (Fsp3) is 0.381. The number of nitrogens with one attached hydrogen (secondary N) is 1. The number of fused-ring (bicyclic) bond motifs is 1. The van der Waals surface area contributed by atoms with E-state index in [1.807, 2.05) is 0 Å². The SMILES string of the molecule is O=C(CNC(=O)c1ccccc1)OCc1cc(=O)n2nc(C3CCCCC3)sc2n1. The Labute approximate surface area is 176 Å². The van der Waals surface area contributed by atoms with Gasteiger partial charge in [0.25, 0.3) is 11.5 Å². The summed E-state index contributed by atoms with van der Waals surface area (Å²) >= 11 is 1.42. The van der Waals surface area contributed by atoms with Gasteiger partial charge < -0.3 is 10.1 Å². The predicted molar refractivity (Wildman–Crippen MR) is 112 cm³/mol. The fourth-order valence-electron chi connectivity index (χ4n) is 3.51. The number of hydrogen-bond acceptors (Lipinski definition) is 7. The number of aromatic nitrogens is 3. The Morgan fingerprint density at radius 1 is 1.17 bits per heavy atom. The largest absolute Gasteiger partial charge is 0.458 e. The Morgan fingerprint density at radius 3 is 2.70 bits per heavy atom. The van der Waals surface area contributed by atoms with Gasteiger partial charge in [0, 0.05) is 17.5 Å². The number of rotatable bonds is 6. The maximum atomic E-state index is 12.4. The highest BCUT2D eigenvalue weighted by molar-refractivity contribution is 7.16. The van der Waals surface area contributed by atoms with E-state index >= 15 is 0 Å². The van der Waals surface area contributed by atoms with Gasteiger partial charge in [0.05, 0.1) is 5.69 Å². The predicted octanol–water partition coefficient (Wildman–Crippen LogP) is 2.67. The smallest absolute Gasteiger partial charge is 0.325 e. The van der Waals surface area contributed by atoms with Crippen LogP contribution in [0.25, 0.3) is 4.96 Å². The van der Waals surface area contributed by atoms with E-state index < -0.39 is 5.97 Å². The van der Waals surface area contributed by atoms with E-state index in [0.29, 0.717) is 22.1 Å². The van der Waals surface area contributed by atoms with E-state index in [0.717, 1.165) is 17.8 Å². The van der Waals surface area contributed by atoms with Crippen molar-refractivity contribution in [3.05, 3.63) is 63.0 Å². The van der Waals surface area contributed by atoms with Crippen molar-refractivity contribution in [1.29, 1.82) is 0 Å². The summed E-state index contributed by atoms with van der Waals surface area (Å²) < 4.78 is 6.48. The minimum Gasteiger partial charge on any atom is -0.458 e. The summed E-state index contributed by atoms with van der Waals surface area (Å²) in [5.74, 6) is -0.571. The molecule has 0 radical (unpaired) electrons. The molecular formula is C21H22N4O4S. The summed E-state index contributed by atoms with van der Waals surface area (Å²) in [6.45, 7) is -0.399. The third-order valence-electron chi connectivity index (χ3n) is 5.08. The Hall–Kier alpha value is -3.07. The van der Waals surface area contributed by atoms with Gasteiger partial charge in [-0.15, -0.1) is 0 Å². The molecule has 9 heteroatoms. The number of benzene rings is 1. The molecule has 0 unspecified atom stereocenters. The lowest BCUT2D eigenvalue weighted by Gasteiger charge is -2.18. The third-order valence-corrected chi connectivity index (χ3v) is 6.15. The van der Waals surface area contributed by atoms with Gasteiger partial charge >= 0.3 is 5.97 Å². The second-order valence-corrected chi connectivity index (χ2v) is 8.25. The number of nitrogens with zero attached hydrogens (tertiary/aromatic N) is 3. The lowest BCUT2D eigenvalue weighted by atomic mass is 9.90. The van der Waals surface area contributed by atoms with E-state index in [1.165, 1.54) is 41.2 Å². The van der Waals surface area contributed by atoms with Crippen LogP contribution in [-0.4, -0.2) is 33.0 Å². The number of carbonyl (C=O) groups excluding carboxylic acids is 2. The molecule has 3 aromatic rings. The highest BCUT2D eigenvalue weighted by Gasteiger charge is 2.21. The van der Waals surface area contributed by atoms with Crippen LogP contribution in [0.4, 0.5) is 0 Å². The van der Waals surface area contributed by atoms with Crippen LogP contribution in [0.15, 0.2) is 41.2 Å². The van der Waals surface area contributed by atoms with Crippen LogP contribution < -0.4 is 10.9 Å². The van der Waals surface area contributed by atoms with Crippen molar-refractivity contribution in [3.63, 3.8) is 0 Å². The van der Waals surface area contributed by atoms with Gasteiger partial charge in [-0.25, -0.2) is 4.98 Å². The third kappa shape index (κ3) is 4.73. The molecule has 0 saturated heterocycles. The zero-order valence-corrected chi connectivity index (χ0v) is 17.2. The fourth-order valence-corrected chi connectivity index (χ4v) is 4.60. The first kappa shape index (κ1) is 20.2. The molecule has 156 valence electrons. The number of carbonyl (C=O) groups is 2. The minimum atomic E-state index is -0.603. The first-order valence-corrected chi connectivity index (χ1v) is 10.8. The Kier molecular flexibility index (Phi) is 6.18. The summed E-state index contributed by atoms with van der Waals surface area (Å²) in [5, 5.41) is 7.90. The zero-order valence-electron chi connectivity index (χ0n) is 16.4. The lowest BCUT2D eigenvalue weighted by molar-refractivity contribution is -0.143. The molecule has 1 N–H and O–H groups in total. The topological polar surface area (TPSA) is 103 Å². The second-order valence-electron chi connectivity index (χ2n) is 7.26. The standard InChI is InChI=1S/C21H22N4O4S/c26-17-11-16(13-29-18(27)12-22-19(28)14-7-3-1-4-8-14)23-21-25(17)24-20(30-21)15-9-5-2-6-10-15/h1,3-4,7-8,11,15H,2,5-6,9-10,12-13H2,(H,22,28). The van der Waals surface area contributed by atoms with Gasteiger partial charge in [-0.3, -0.25) is 14.4 Å². The molecule has 30 heavy (non-hydrogen) atoms. The summed E-state index contributed by atoms with van der Waals surface area (Å²) in [5.41, 5.74) is 0.535. The van der Waals surface area contributed by atoms with Crippen LogP contribution in [-0.2, 0) is 16.1 Å². The quantitative estimate of drug-likeness (QED) is 0.608. The summed E-state index contributed by atoms with van der Waals surface area (Å²) in [6, 6.07) is 9.93. The summed E-state index contributed by atoms with van der Waals surface area (Å²) in [7, 11) is 0. The number of ether oxygens (including phenoxy) is 1.